The van der Waals surface area contributed by atoms with Crippen LogP contribution in [-0.2, 0) is 0 Å². The van der Waals surface area contributed by atoms with Gasteiger partial charge in [-0.2, -0.15) is 0 Å². The molecule has 1 aromatic carbocycles. The molecule has 0 unspecified atom stereocenters. The number of carbonyl (C=O) groups is 1. The van der Waals surface area contributed by atoms with Gasteiger partial charge in [0.1, 0.15) is 5.82 Å². The second kappa shape index (κ2) is 6.14. The van der Waals surface area contributed by atoms with Gasteiger partial charge in [-0.25, -0.2) is 9.37 Å². The summed E-state index contributed by atoms with van der Waals surface area (Å²) < 4.78 is 15.7. The van der Waals surface area contributed by atoms with Gasteiger partial charge in [0.25, 0.3) is 5.91 Å². The molecule has 2 heterocycles. The van der Waals surface area contributed by atoms with Crippen molar-refractivity contribution < 1.29 is 9.18 Å². The molecule has 0 bridgehead atoms. The van der Waals surface area contributed by atoms with Crippen LogP contribution in [0, 0.1) is 19.7 Å². The van der Waals surface area contributed by atoms with Crippen molar-refractivity contribution in [2.24, 2.45) is 0 Å². The molecule has 1 N–H and O–H groups in total. The summed E-state index contributed by atoms with van der Waals surface area (Å²) in [6.07, 6.45) is 1.71. The molecule has 0 spiro atoms. The highest BCUT2D eigenvalue weighted by molar-refractivity contribution is 7.12. The molecule has 0 fully saturated rings. The predicted molar refractivity (Wildman–Crippen MR) is 90.3 cm³/mol. The lowest BCUT2D eigenvalue weighted by atomic mass is 10.2. The van der Waals surface area contributed by atoms with E-state index < -0.39 is 5.82 Å². The number of aryl methyl sites for hydroxylation is 1. The zero-order chi connectivity index (χ0) is 16.6. The van der Waals surface area contributed by atoms with Crippen molar-refractivity contribution in [1.82, 2.24) is 9.55 Å². The summed E-state index contributed by atoms with van der Waals surface area (Å²) in [6.45, 7) is 3.73. The van der Waals surface area contributed by atoms with Crippen molar-refractivity contribution in [3.8, 4) is 5.13 Å². The molecule has 7 heteroatoms. The van der Waals surface area contributed by atoms with E-state index in [-0.39, 0.29) is 16.6 Å². The second-order valence-electron chi connectivity index (χ2n) is 5.01. The zero-order valence-electron chi connectivity index (χ0n) is 12.4. The van der Waals surface area contributed by atoms with Gasteiger partial charge >= 0.3 is 0 Å². The molecule has 118 valence electrons. The molecule has 4 nitrogen and oxygen atoms in total. The van der Waals surface area contributed by atoms with Crippen LogP contribution in [0.2, 0.25) is 5.02 Å². The fourth-order valence-electron chi connectivity index (χ4n) is 2.39. The van der Waals surface area contributed by atoms with E-state index in [1.54, 1.807) is 12.3 Å². The fraction of sp³-hybridized carbons (Fsp3) is 0.125. The van der Waals surface area contributed by atoms with E-state index in [0.29, 0.717) is 5.56 Å². The Labute approximate surface area is 141 Å². The Bertz CT molecular complexity index is 874. The number of rotatable bonds is 3. The van der Waals surface area contributed by atoms with E-state index in [0.717, 1.165) is 22.6 Å². The molecule has 1 amide bonds. The van der Waals surface area contributed by atoms with Gasteiger partial charge in [-0.1, -0.05) is 11.6 Å². The maximum atomic E-state index is 13.8. The van der Waals surface area contributed by atoms with Gasteiger partial charge in [0, 0.05) is 28.0 Å². The molecule has 0 aliphatic rings. The van der Waals surface area contributed by atoms with Crippen molar-refractivity contribution in [1.29, 1.82) is 0 Å². The number of carbonyl (C=O) groups excluding carboxylic acids is 1. The minimum atomic E-state index is -0.570. The first-order valence-electron chi connectivity index (χ1n) is 6.82. The Morgan fingerprint density at radius 3 is 2.78 bits per heavy atom. The van der Waals surface area contributed by atoms with Crippen LogP contribution in [0.1, 0.15) is 21.7 Å². The van der Waals surface area contributed by atoms with Crippen molar-refractivity contribution >= 4 is 34.5 Å². The van der Waals surface area contributed by atoms with E-state index >= 15 is 0 Å². The number of amides is 1. The van der Waals surface area contributed by atoms with Crippen LogP contribution >= 0.6 is 22.9 Å². The number of hydrogen-bond acceptors (Lipinski definition) is 3. The molecule has 23 heavy (non-hydrogen) atoms. The van der Waals surface area contributed by atoms with E-state index in [1.807, 2.05) is 23.8 Å². The molecule has 2 aromatic heterocycles. The summed E-state index contributed by atoms with van der Waals surface area (Å²) >= 11 is 7.20. The topological polar surface area (TPSA) is 46.9 Å². The standard InChI is InChI=1S/C16H13ClFN3OS/c1-9-7-12(10(2)21(9)16-19-5-6-23-16)15(22)20-14-4-3-11(17)8-13(14)18/h3-8H,1-2H3,(H,20,22). The number of aromatic nitrogens is 2. The lowest BCUT2D eigenvalue weighted by Gasteiger charge is -2.08. The van der Waals surface area contributed by atoms with Crippen molar-refractivity contribution in [2.75, 3.05) is 5.32 Å². The Morgan fingerprint density at radius 2 is 2.13 bits per heavy atom. The molecule has 3 rings (SSSR count). The van der Waals surface area contributed by atoms with E-state index in [4.69, 9.17) is 11.6 Å². The van der Waals surface area contributed by atoms with E-state index in [2.05, 4.69) is 10.3 Å². The highest BCUT2D eigenvalue weighted by Gasteiger charge is 2.18. The minimum absolute atomic E-state index is 0.0958. The zero-order valence-corrected chi connectivity index (χ0v) is 14.0. The highest BCUT2D eigenvalue weighted by atomic mass is 35.5. The Morgan fingerprint density at radius 1 is 1.35 bits per heavy atom. The molecular formula is C16H13ClFN3OS. The molecule has 0 radical (unpaired) electrons. The predicted octanol–water partition coefficient (Wildman–Crippen LogP) is 4.60. The smallest absolute Gasteiger partial charge is 0.257 e. The average molecular weight is 350 g/mol. The van der Waals surface area contributed by atoms with Gasteiger partial charge in [-0.05, 0) is 38.1 Å². The first kappa shape index (κ1) is 15.7. The quantitative estimate of drug-likeness (QED) is 0.751. The average Bonchev–Trinajstić information content (AvgIpc) is 3.10. The first-order chi connectivity index (χ1) is 11.0. The number of benzene rings is 1. The van der Waals surface area contributed by atoms with Gasteiger partial charge in [-0.15, -0.1) is 11.3 Å². The maximum Gasteiger partial charge on any atom is 0.257 e. The van der Waals surface area contributed by atoms with Crippen LogP contribution in [-0.4, -0.2) is 15.5 Å². The Hall–Kier alpha value is -2.18. The van der Waals surface area contributed by atoms with Crippen LogP contribution in [0.15, 0.2) is 35.8 Å². The third-order valence-corrected chi connectivity index (χ3v) is 4.46. The largest absolute Gasteiger partial charge is 0.319 e. The SMILES string of the molecule is Cc1cc(C(=O)Nc2ccc(Cl)cc2F)c(C)n1-c1nccs1. The molecular weight excluding hydrogens is 337 g/mol. The summed E-state index contributed by atoms with van der Waals surface area (Å²) in [7, 11) is 0. The molecule has 0 saturated heterocycles. The molecule has 0 aliphatic heterocycles. The van der Waals surface area contributed by atoms with Crippen LogP contribution in [0.4, 0.5) is 10.1 Å². The lowest BCUT2D eigenvalue weighted by molar-refractivity contribution is 0.102. The molecule has 3 aromatic rings. The summed E-state index contributed by atoms with van der Waals surface area (Å²) in [5.74, 6) is -0.943. The van der Waals surface area contributed by atoms with Crippen LogP contribution in [0.3, 0.4) is 0 Å². The number of nitrogens with zero attached hydrogens (tertiary/aromatic N) is 2. The van der Waals surface area contributed by atoms with E-state index in [9.17, 15) is 9.18 Å². The second-order valence-corrected chi connectivity index (χ2v) is 6.32. The van der Waals surface area contributed by atoms with Crippen molar-refractivity contribution in [3.05, 3.63) is 63.6 Å². The summed E-state index contributed by atoms with van der Waals surface area (Å²) in [5.41, 5.74) is 2.22. The summed E-state index contributed by atoms with van der Waals surface area (Å²) in [6, 6.07) is 5.89. The maximum absolute atomic E-state index is 13.8. The van der Waals surface area contributed by atoms with Crippen molar-refractivity contribution in [2.45, 2.75) is 13.8 Å². The molecule has 0 aliphatic carbocycles. The number of anilines is 1. The first-order valence-corrected chi connectivity index (χ1v) is 8.08. The minimum Gasteiger partial charge on any atom is -0.319 e. The number of nitrogens with one attached hydrogen (secondary N) is 1. The normalized spacial score (nSPS) is 10.8. The van der Waals surface area contributed by atoms with Crippen LogP contribution < -0.4 is 5.32 Å². The van der Waals surface area contributed by atoms with Gasteiger partial charge in [0.2, 0.25) is 0 Å². The van der Waals surface area contributed by atoms with E-state index in [1.165, 1.54) is 23.5 Å². The Kier molecular flexibility index (Phi) is 4.19. The third-order valence-electron chi connectivity index (χ3n) is 3.47. The van der Waals surface area contributed by atoms with Gasteiger partial charge < -0.3 is 5.32 Å². The van der Waals surface area contributed by atoms with Crippen LogP contribution in [0.25, 0.3) is 5.13 Å². The third kappa shape index (κ3) is 3.00. The van der Waals surface area contributed by atoms with Gasteiger partial charge in [0.15, 0.2) is 5.13 Å². The van der Waals surface area contributed by atoms with Gasteiger partial charge in [0.05, 0.1) is 11.3 Å². The fourth-order valence-corrected chi connectivity index (χ4v) is 3.30. The van der Waals surface area contributed by atoms with Gasteiger partial charge in [-0.3, -0.25) is 9.36 Å². The lowest BCUT2D eigenvalue weighted by Crippen LogP contribution is -2.14. The number of halogens is 2. The van der Waals surface area contributed by atoms with Crippen LogP contribution in [0.5, 0.6) is 0 Å². The number of hydrogen-bond donors (Lipinski definition) is 1. The highest BCUT2D eigenvalue weighted by Crippen LogP contribution is 2.24. The molecule has 0 saturated carbocycles. The number of thiazole rings is 1. The molecule has 0 atom stereocenters. The Balaban J connectivity index is 1.93. The summed E-state index contributed by atoms with van der Waals surface area (Å²) in [5, 5.41) is 5.52. The monoisotopic (exact) mass is 349 g/mol. The van der Waals surface area contributed by atoms with Crippen molar-refractivity contribution in [3.63, 3.8) is 0 Å². The summed E-state index contributed by atoms with van der Waals surface area (Å²) in [4.78, 5) is 16.7.